The van der Waals surface area contributed by atoms with Crippen molar-refractivity contribution in [3.63, 3.8) is 0 Å². The van der Waals surface area contributed by atoms with Gasteiger partial charge in [-0.3, -0.25) is 4.79 Å². The number of epoxide rings is 1. The number of furan rings is 1. The van der Waals surface area contributed by atoms with Crippen molar-refractivity contribution in [3.05, 3.63) is 29.5 Å². The highest BCUT2D eigenvalue weighted by Gasteiger charge is 2.55. The third-order valence-electron chi connectivity index (χ3n) is 3.25. The van der Waals surface area contributed by atoms with Crippen LogP contribution in [0.25, 0.3) is 11.0 Å². The molecule has 0 N–H and O–H groups in total. The zero-order valence-electron chi connectivity index (χ0n) is 8.52. The summed E-state index contributed by atoms with van der Waals surface area (Å²) < 4.78 is 15.9. The van der Waals surface area contributed by atoms with Crippen LogP contribution >= 0.6 is 0 Å². The minimum atomic E-state index is -0.282. The van der Waals surface area contributed by atoms with E-state index in [1.54, 1.807) is 13.4 Å². The van der Waals surface area contributed by atoms with E-state index in [0.717, 1.165) is 16.5 Å². The topological polar surface area (TPSA) is 52.0 Å². The molecule has 2 heterocycles. The fourth-order valence-electron chi connectivity index (χ4n) is 2.48. The molecule has 0 radical (unpaired) electrons. The molecule has 1 aromatic carbocycles. The maximum Gasteiger partial charge on any atom is 0.198 e. The van der Waals surface area contributed by atoms with Crippen LogP contribution in [0.4, 0.5) is 0 Å². The van der Waals surface area contributed by atoms with Gasteiger partial charge >= 0.3 is 0 Å². The minimum Gasteiger partial charge on any atom is -0.495 e. The Morgan fingerprint density at radius 2 is 2.25 bits per heavy atom. The van der Waals surface area contributed by atoms with Crippen LogP contribution in [-0.2, 0) is 4.74 Å². The van der Waals surface area contributed by atoms with Gasteiger partial charge in [0.15, 0.2) is 11.9 Å². The summed E-state index contributed by atoms with van der Waals surface area (Å²) in [5.41, 5.74) is 2.30. The number of rotatable bonds is 1. The second kappa shape index (κ2) is 2.47. The summed E-state index contributed by atoms with van der Waals surface area (Å²) in [4.78, 5) is 11.9. The molecule has 4 nitrogen and oxygen atoms in total. The van der Waals surface area contributed by atoms with E-state index in [1.165, 1.54) is 0 Å². The molecule has 1 fully saturated rings. The molecule has 4 rings (SSSR count). The minimum absolute atomic E-state index is 0.0277. The number of Topliss-reactive ketones (excluding diaryl/α,β-unsaturated/α-hetero) is 1. The Bertz CT molecular complexity index is 625. The van der Waals surface area contributed by atoms with Gasteiger partial charge in [0, 0.05) is 5.56 Å². The van der Waals surface area contributed by atoms with E-state index in [-0.39, 0.29) is 18.0 Å². The van der Waals surface area contributed by atoms with Gasteiger partial charge in [0.2, 0.25) is 0 Å². The van der Waals surface area contributed by atoms with Crippen LogP contribution in [0, 0.1) is 0 Å². The molecule has 0 spiro atoms. The van der Waals surface area contributed by atoms with Gasteiger partial charge in [-0.1, -0.05) is 0 Å². The van der Waals surface area contributed by atoms with Crippen LogP contribution < -0.4 is 4.74 Å². The molecule has 16 heavy (non-hydrogen) atoms. The summed E-state index contributed by atoms with van der Waals surface area (Å²) in [6, 6.07) is 3.69. The number of ether oxygens (including phenoxy) is 2. The van der Waals surface area contributed by atoms with Gasteiger partial charge in [0.05, 0.1) is 24.3 Å². The van der Waals surface area contributed by atoms with Gasteiger partial charge in [-0.2, -0.15) is 0 Å². The molecule has 0 saturated carbocycles. The van der Waals surface area contributed by atoms with E-state index in [4.69, 9.17) is 13.9 Å². The fraction of sp³-hybridized carbons (Fsp3) is 0.250. The first kappa shape index (κ1) is 8.35. The molecule has 1 saturated heterocycles. The molecule has 2 aromatic rings. The summed E-state index contributed by atoms with van der Waals surface area (Å²) in [5.74, 6) is 0.641. The molecule has 2 aliphatic rings. The van der Waals surface area contributed by atoms with Crippen molar-refractivity contribution in [2.45, 2.75) is 12.2 Å². The summed E-state index contributed by atoms with van der Waals surface area (Å²) in [7, 11) is 1.57. The van der Waals surface area contributed by atoms with Gasteiger partial charge in [0.25, 0.3) is 0 Å². The second-order valence-electron chi connectivity index (χ2n) is 4.05. The van der Waals surface area contributed by atoms with Crippen molar-refractivity contribution >= 4 is 16.8 Å². The predicted octanol–water partition coefficient (Wildman–Crippen LogP) is 2.08. The maximum absolute atomic E-state index is 11.9. The summed E-state index contributed by atoms with van der Waals surface area (Å²) in [5, 5.41) is 0.843. The predicted molar refractivity (Wildman–Crippen MR) is 54.7 cm³/mol. The molecule has 4 heteroatoms. The number of benzene rings is 1. The Hall–Kier alpha value is -1.81. The molecule has 80 valence electrons. The van der Waals surface area contributed by atoms with Crippen LogP contribution in [0.5, 0.6) is 5.75 Å². The van der Waals surface area contributed by atoms with Crippen LogP contribution in [0.2, 0.25) is 0 Å². The molecule has 0 unspecified atom stereocenters. The smallest absolute Gasteiger partial charge is 0.198 e. The van der Waals surface area contributed by atoms with E-state index in [0.29, 0.717) is 11.3 Å². The lowest BCUT2D eigenvalue weighted by Crippen LogP contribution is -2.05. The zero-order valence-corrected chi connectivity index (χ0v) is 8.52. The number of carbonyl (C=O) groups excluding carboxylic acids is 1. The van der Waals surface area contributed by atoms with E-state index >= 15 is 0 Å². The normalized spacial score (nSPS) is 25.7. The second-order valence-corrected chi connectivity index (χ2v) is 4.05. The van der Waals surface area contributed by atoms with Gasteiger partial charge < -0.3 is 13.9 Å². The number of hydrogen-bond donors (Lipinski definition) is 0. The van der Waals surface area contributed by atoms with Gasteiger partial charge in [-0.15, -0.1) is 0 Å². The summed E-state index contributed by atoms with van der Waals surface area (Å²) in [6.07, 6.45) is 1.24. The van der Waals surface area contributed by atoms with Crippen molar-refractivity contribution in [1.82, 2.24) is 0 Å². The van der Waals surface area contributed by atoms with E-state index < -0.39 is 0 Å². The molecule has 0 bridgehead atoms. The third kappa shape index (κ3) is 0.782. The standard InChI is InChI=1S/C12H8O4/c1-14-10-5-2-3-15-7(5)4-6-8(10)9(13)12-11(6)16-12/h2-4,11-12H,1H3/t11-,12+/m0/s1. The van der Waals surface area contributed by atoms with E-state index in [2.05, 4.69) is 0 Å². The van der Waals surface area contributed by atoms with Crippen molar-refractivity contribution in [2.75, 3.05) is 7.11 Å². The Labute approximate surface area is 90.7 Å². The van der Waals surface area contributed by atoms with Crippen LogP contribution in [-0.4, -0.2) is 19.0 Å². The summed E-state index contributed by atoms with van der Waals surface area (Å²) >= 11 is 0. The number of methoxy groups -OCH3 is 1. The number of carbonyl (C=O) groups is 1. The molecule has 0 amide bonds. The van der Waals surface area contributed by atoms with E-state index in [1.807, 2.05) is 12.1 Å². The molecule has 1 aliphatic heterocycles. The van der Waals surface area contributed by atoms with Crippen molar-refractivity contribution in [3.8, 4) is 5.75 Å². The number of fused-ring (bicyclic) bond motifs is 4. The van der Waals surface area contributed by atoms with E-state index in [9.17, 15) is 4.79 Å². The van der Waals surface area contributed by atoms with Crippen LogP contribution in [0.3, 0.4) is 0 Å². The maximum atomic E-state index is 11.9. The first-order valence-electron chi connectivity index (χ1n) is 5.09. The Balaban J connectivity index is 2.15. The van der Waals surface area contributed by atoms with Crippen LogP contribution in [0.15, 0.2) is 22.8 Å². The molecular formula is C12H8O4. The Morgan fingerprint density at radius 1 is 1.38 bits per heavy atom. The SMILES string of the molecule is COc1c2c(cc3occc13)[C@@H]1O[C@@H]1C2=O. The molecule has 1 aliphatic carbocycles. The Morgan fingerprint density at radius 3 is 3.06 bits per heavy atom. The lowest BCUT2D eigenvalue weighted by Gasteiger charge is -2.08. The fourth-order valence-corrected chi connectivity index (χ4v) is 2.48. The number of ketones is 1. The monoisotopic (exact) mass is 216 g/mol. The molecule has 2 atom stereocenters. The van der Waals surface area contributed by atoms with Gasteiger partial charge in [-0.25, -0.2) is 0 Å². The Kier molecular flexibility index (Phi) is 1.29. The lowest BCUT2D eigenvalue weighted by molar-refractivity contribution is 0.0949. The van der Waals surface area contributed by atoms with Crippen LogP contribution in [0.1, 0.15) is 22.0 Å². The first-order valence-corrected chi connectivity index (χ1v) is 5.09. The highest BCUT2D eigenvalue weighted by Crippen LogP contribution is 2.53. The zero-order chi connectivity index (χ0) is 10.9. The molecular weight excluding hydrogens is 208 g/mol. The van der Waals surface area contributed by atoms with Crippen molar-refractivity contribution < 1.29 is 18.7 Å². The lowest BCUT2D eigenvalue weighted by atomic mass is 10.0. The third-order valence-corrected chi connectivity index (χ3v) is 3.25. The highest BCUT2D eigenvalue weighted by atomic mass is 16.6. The quantitative estimate of drug-likeness (QED) is 0.685. The summed E-state index contributed by atoms with van der Waals surface area (Å²) in [6.45, 7) is 0. The van der Waals surface area contributed by atoms with Gasteiger partial charge in [-0.05, 0) is 12.1 Å². The average molecular weight is 216 g/mol. The van der Waals surface area contributed by atoms with Gasteiger partial charge in [0.1, 0.15) is 17.4 Å². The largest absolute Gasteiger partial charge is 0.495 e. The highest BCUT2D eigenvalue weighted by molar-refractivity contribution is 6.12. The molecule has 1 aromatic heterocycles. The van der Waals surface area contributed by atoms with Crippen molar-refractivity contribution in [1.29, 1.82) is 0 Å². The number of hydrogen-bond acceptors (Lipinski definition) is 4. The first-order chi connectivity index (χ1) is 7.81. The van der Waals surface area contributed by atoms with Crippen molar-refractivity contribution in [2.24, 2.45) is 0 Å². The average Bonchev–Trinajstić information content (AvgIpc) is 2.88.